The van der Waals surface area contributed by atoms with Gasteiger partial charge in [0.2, 0.25) is 10.0 Å². The van der Waals surface area contributed by atoms with Gasteiger partial charge in [0.25, 0.3) is 0 Å². The normalized spacial score (nSPS) is 29.2. The zero-order chi connectivity index (χ0) is 13.1. The molecule has 1 aliphatic rings. The maximum Gasteiger partial charge on any atom is 0.214 e. The third-order valence-electron chi connectivity index (χ3n) is 3.31. The molecule has 0 amide bonds. The fourth-order valence-corrected chi connectivity index (χ4v) is 4.12. The molecule has 1 rings (SSSR count). The van der Waals surface area contributed by atoms with Crippen molar-refractivity contribution in [3.63, 3.8) is 0 Å². The maximum absolute atomic E-state index is 12.1. The summed E-state index contributed by atoms with van der Waals surface area (Å²) in [6, 6.07) is 0. The van der Waals surface area contributed by atoms with Gasteiger partial charge in [0.1, 0.15) is 0 Å². The lowest BCUT2D eigenvalue weighted by molar-refractivity contribution is 0.0183. The molecule has 0 spiro atoms. The van der Waals surface area contributed by atoms with Crippen molar-refractivity contribution in [2.45, 2.75) is 26.4 Å². The number of nitrogens with zero attached hydrogens (tertiary/aromatic N) is 1. The van der Waals surface area contributed by atoms with Gasteiger partial charge in [0.15, 0.2) is 0 Å². The summed E-state index contributed by atoms with van der Waals surface area (Å²) in [5.74, 6) is 0.900. The van der Waals surface area contributed by atoms with Crippen LogP contribution in [0.3, 0.4) is 0 Å². The van der Waals surface area contributed by atoms with Crippen LogP contribution in [0.4, 0.5) is 0 Å². The van der Waals surface area contributed by atoms with Crippen LogP contribution in [0.25, 0.3) is 0 Å². The van der Waals surface area contributed by atoms with E-state index >= 15 is 0 Å². The summed E-state index contributed by atoms with van der Waals surface area (Å²) in [6.45, 7) is 5.01. The molecule has 0 saturated carbocycles. The van der Waals surface area contributed by atoms with Crippen LogP contribution >= 0.6 is 11.6 Å². The number of sulfonamides is 1. The Hall–Kier alpha value is 0.160. The highest BCUT2D eigenvalue weighted by atomic mass is 35.5. The Morgan fingerprint density at radius 1 is 1.53 bits per heavy atom. The highest BCUT2D eigenvalue weighted by molar-refractivity contribution is 7.89. The van der Waals surface area contributed by atoms with Crippen molar-refractivity contribution in [2.24, 2.45) is 11.8 Å². The van der Waals surface area contributed by atoms with Crippen molar-refractivity contribution >= 4 is 21.6 Å². The number of hydrogen-bond acceptors (Lipinski definition) is 3. The number of alkyl halides is 1. The Labute approximate surface area is 109 Å². The Morgan fingerprint density at radius 3 is 2.71 bits per heavy atom. The molecule has 3 unspecified atom stereocenters. The summed E-state index contributed by atoms with van der Waals surface area (Å²) < 4.78 is 31.1. The highest BCUT2D eigenvalue weighted by Gasteiger charge is 2.33. The van der Waals surface area contributed by atoms with Crippen LogP contribution in [0.15, 0.2) is 0 Å². The molecule has 6 heteroatoms. The van der Waals surface area contributed by atoms with Crippen molar-refractivity contribution in [3.05, 3.63) is 0 Å². The predicted octanol–water partition coefficient (Wildman–Crippen LogP) is 1.55. The van der Waals surface area contributed by atoms with Gasteiger partial charge in [-0.05, 0) is 18.3 Å². The van der Waals surface area contributed by atoms with Crippen LogP contribution < -0.4 is 0 Å². The molecule has 1 fully saturated rings. The SMILES string of the molecule is COC1CN(S(=O)(=O)CC(C)CCl)CCC1C. The lowest BCUT2D eigenvalue weighted by atomic mass is 9.97. The van der Waals surface area contributed by atoms with Gasteiger partial charge in [-0.15, -0.1) is 11.6 Å². The molecule has 4 nitrogen and oxygen atoms in total. The van der Waals surface area contributed by atoms with Gasteiger partial charge in [-0.3, -0.25) is 0 Å². The highest BCUT2D eigenvalue weighted by Crippen LogP contribution is 2.22. The number of hydrogen-bond donors (Lipinski definition) is 0. The van der Waals surface area contributed by atoms with Crippen molar-refractivity contribution < 1.29 is 13.2 Å². The minimum absolute atomic E-state index is 0.00447. The molecule has 102 valence electrons. The summed E-state index contributed by atoms with van der Waals surface area (Å²) in [5.41, 5.74) is 0. The molecule has 0 aliphatic carbocycles. The van der Waals surface area contributed by atoms with Gasteiger partial charge in [0, 0.05) is 26.1 Å². The molecular formula is C11H22ClNO3S. The minimum atomic E-state index is -3.19. The fraction of sp³-hybridized carbons (Fsp3) is 1.00. The smallest absolute Gasteiger partial charge is 0.214 e. The first-order valence-corrected chi connectivity index (χ1v) is 8.11. The van der Waals surface area contributed by atoms with Crippen molar-refractivity contribution in [2.75, 3.05) is 31.8 Å². The second-order valence-corrected chi connectivity index (χ2v) is 7.26. The lowest BCUT2D eigenvalue weighted by Gasteiger charge is -2.35. The Balaban J connectivity index is 2.66. The van der Waals surface area contributed by atoms with Crippen molar-refractivity contribution in [1.29, 1.82) is 0 Å². The molecule has 0 aromatic carbocycles. The second kappa shape index (κ2) is 6.36. The Kier molecular flexibility index (Phi) is 5.70. The van der Waals surface area contributed by atoms with Crippen LogP contribution in [0.2, 0.25) is 0 Å². The molecule has 17 heavy (non-hydrogen) atoms. The van der Waals surface area contributed by atoms with E-state index in [4.69, 9.17) is 16.3 Å². The van der Waals surface area contributed by atoms with Crippen LogP contribution in [-0.2, 0) is 14.8 Å². The monoisotopic (exact) mass is 283 g/mol. The molecule has 0 aromatic rings. The molecule has 0 bridgehead atoms. The number of halogens is 1. The topological polar surface area (TPSA) is 46.6 Å². The van der Waals surface area contributed by atoms with E-state index in [1.165, 1.54) is 0 Å². The van der Waals surface area contributed by atoms with E-state index in [0.29, 0.717) is 24.9 Å². The average molecular weight is 284 g/mol. The zero-order valence-electron chi connectivity index (χ0n) is 10.7. The second-order valence-electron chi connectivity index (χ2n) is 4.94. The molecule has 1 heterocycles. The van der Waals surface area contributed by atoms with E-state index in [1.54, 1.807) is 11.4 Å². The van der Waals surface area contributed by atoms with Gasteiger partial charge in [0.05, 0.1) is 11.9 Å². The maximum atomic E-state index is 12.1. The van der Waals surface area contributed by atoms with Gasteiger partial charge < -0.3 is 4.74 Å². The lowest BCUT2D eigenvalue weighted by Crippen LogP contribution is -2.47. The average Bonchev–Trinajstić information content (AvgIpc) is 2.28. The molecule has 0 radical (unpaired) electrons. The molecule has 0 aromatic heterocycles. The van der Waals surface area contributed by atoms with Gasteiger partial charge in [-0.2, -0.15) is 4.31 Å². The van der Waals surface area contributed by atoms with Crippen molar-refractivity contribution in [3.8, 4) is 0 Å². The summed E-state index contributed by atoms with van der Waals surface area (Å²) in [6.07, 6.45) is 0.859. The van der Waals surface area contributed by atoms with E-state index in [9.17, 15) is 8.42 Å². The third-order valence-corrected chi connectivity index (χ3v) is 5.94. The molecule has 1 aliphatic heterocycles. The quantitative estimate of drug-likeness (QED) is 0.719. The number of methoxy groups -OCH3 is 1. The first-order chi connectivity index (χ1) is 7.90. The van der Waals surface area contributed by atoms with E-state index in [0.717, 1.165) is 6.42 Å². The number of ether oxygens (including phenoxy) is 1. The Morgan fingerprint density at radius 2 is 2.18 bits per heavy atom. The molecular weight excluding hydrogens is 262 g/mol. The van der Waals surface area contributed by atoms with Crippen LogP contribution in [0, 0.1) is 11.8 Å². The van der Waals surface area contributed by atoms with E-state index < -0.39 is 10.0 Å². The standard InChI is InChI=1S/C11H22ClNO3S/c1-9(6-12)8-17(14,15)13-5-4-10(2)11(7-13)16-3/h9-11H,4-8H2,1-3H3. The molecule has 0 N–H and O–H groups in total. The number of rotatable bonds is 5. The van der Waals surface area contributed by atoms with E-state index in [1.807, 2.05) is 6.92 Å². The summed E-state index contributed by atoms with van der Waals surface area (Å²) in [5, 5.41) is 0. The van der Waals surface area contributed by atoms with Crippen LogP contribution in [0.1, 0.15) is 20.3 Å². The summed E-state index contributed by atoms with van der Waals surface area (Å²) in [7, 11) is -1.55. The van der Waals surface area contributed by atoms with Crippen LogP contribution in [0.5, 0.6) is 0 Å². The predicted molar refractivity (Wildman–Crippen MR) is 69.8 cm³/mol. The first-order valence-electron chi connectivity index (χ1n) is 5.97. The van der Waals surface area contributed by atoms with Crippen molar-refractivity contribution in [1.82, 2.24) is 4.31 Å². The molecule has 1 saturated heterocycles. The van der Waals surface area contributed by atoms with E-state index in [-0.39, 0.29) is 17.8 Å². The van der Waals surface area contributed by atoms with Gasteiger partial charge in [-0.1, -0.05) is 13.8 Å². The van der Waals surface area contributed by atoms with E-state index in [2.05, 4.69) is 6.92 Å². The largest absolute Gasteiger partial charge is 0.380 e. The van der Waals surface area contributed by atoms with Gasteiger partial charge >= 0.3 is 0 Å². The third kappa shape index (κ3) is 4.09. The summed E-state index contributed by atoms with van der Waals surface area (Å²) >= 11 is 5.67. The van der Waals surface area contributed by atoms with Crippen LogP contribution in [-0.4, -0.2) is 50.7 Å². The minimum Gasteiger partial charge on any atom is -0.380 e. The molecule has 3 atom stereocenters. The summed E-state index contributed by atoms with van der Waals surface area (Å²) in [4.78, 5) is 0. The Bertz CT molecular complexity index is 334. The zero-order valence-corrected chi connectivity index (χ0v) is 12.3. The number of piperidine rings is 1. The fourth-order valence-electron chi connectivity index (χ4n) is 2.07. The first kappa shape index (κ1) is 15.2. The van der Waals surface area contributed by atoms with Gasteiger partial charge in [-0.25, -0.2) is 8.42 Å².